The highest BCUT2D eigenvalue weighted by molar-refractivity contribution is 5.94. The van der Waals surface area contributed by atoms with Gasteiger partial charge in [-0.1, -0.05) is 48.5 Å². The van der Waals surface area contributed by atoms with Crippen molar-refractivity contribution in [1.29, 1.82) is 0 Å². The maximum atomic E-state index is 14.2. The van der Waals surface area contributed by atoms with Gasteiger partial charge in [-0.15, -0.1) is 0 Å². The van der Waals surface area contributed by atoms with Crippen LogP contribution in [0.5, 0.6) is 0 Å². The van der Waals surface area contributed by atoms with Crippen molar-refractivity contribution < 1.29 is 28.7 Å². The number of aryl methyl sites for hydroxylation is 2. The van der Waals surface area contributed by atoms with Gasteiger partial charge in [0.05, 0.1) is 0 Å². The second kappa shape index (κ2) is 14.3. The van der Waals surface area contributed by atoms with Gasteiger partial charge in [-0.2, -0.15) is 0 Å². The quantitative estimate of drug-likeness (QED) is 0.374. The Labute approximate surface area is 250 Å². The highest BCUT2D eigenvalue weighted by Gasteiger charge is 2.37. The molecule has 2 aromatic rings. The standard InChI is InChI=1S/C33H47N3O6/c1-11-36(29(38)23(4)34-31(40)42-33(8,9)10)27(26-21(2)16-15-17-22(26)3)28(37)35-25(30(39)41-32(5,6)7)20-24-18-13-12-14-19-24/h12-19,23,25,27H,11,20H2,1-10H3,(H,34,40)(H,35,37). The van der Waals surface area contributed by atoms with Gasteiger partial charge in [-0.25, -0.2) is 9.59 Å². The Balaban J connectivity index is 2.51. The molecule has 2 N–H and O–H groups in total. The number of benzene rings is 2. The van der Waals surface area contributed by atoms with E-state index in [0.29, 0.717) is 5.56 Å². The van der Waals surface area contributed by atoms with E-state index in [9.17, 15) is 19.2 Å². The number of hydrogen-bond acceptors (Lipinski definition) is 6. The Morgan fingerprint density at radius 2 is 1.36 bits per heavy atom. The van der Waals surface area contributed by atoms with E-state index in [4.69, 9.17) is 9.47 Å². The molecule has 0 fully saturated rings. The molecule has 9 nitrogen and oxygen atoms in total. The van der Waals surface area contributed by atoms with Gasteiger partial charge in [-0.05, 0) is 91.5 Å². The number of rotatable bonds is 10. The molecule has 0 aliphatic carbocycles. The van der Waals surface area contributed by atoms with E-state index in [1.807, 2.05) is 62.4 Å². The van der Waals surface area contributed by atoms with Crippen molar-refractivity contribution in [1.82, 2.24) is 15.5 Å². The number of ether oxygens (including phenoxy) is 2. The van der Waals surface area contributed by atoms with E-state index in [1.54, 1.807) is 55.4 Å². The van der Waals surface area contributed by atoms with Crippen molar-refractivity contribution in [2.24, 2.45) is 0 Å². The normalized spacial score (nSPS) is 13.8. The number of hydrogen-bond donors (Lipinski definition) is 2. The number of nitrogens with zero attached hydrogens (tertiary/aromatic N) is 1. The zero-order valence-electron chi connectivity index (χ0n) is 26.7. The summed E-state index contributed by atoms with van der Waals surface area (Å²) in [5, 5.41) is 5.49. The molecule has 230 valence electrons. The lowest BCUT2D eigenvalue weighted by Gasteiger charge is -2.35. The number of carbonyl (C=O) groups is 4. The van der Waals surface area contributed by atoms with Crippen molar-refractivity contribution in [3.8, 4) is 0 Å². The van der Waals surface area contributed by atoms with Crippen LogP contribution in [-0.4, -0.2) is 58.6 Å². The summed E-state index contributed by atoms with van der Waals surface area (Å²) in [6.45, 7) is 17.7. The van der Waals surface area contributed by atoms with Gasteiger partial charge in [0.2, 0.25) is 11.8 Å². The number of esters is 1. The summed E-state index contributed by atoms with van der Waals surface area (Å²) in [6, 6.07) is 11.9. The molecule has 0 radical (unpaired) electrons. The summed E-state index contributed by atoms with van der Waals surface area (Å²) in [4.78, 5) is 55.2. The minimum Gasteiger partial charge on any atom is -0.458 e. The van der Waals surface area contributed by atoms with E-state index in [2.05, 4.69) is 10.6 Å². The van der Waals surface area contributed by atoms with Crippen molar-refractivity contribution in [3.05, 3.63) is 70.8 Å². The summed E-state index contributed by atoms with van der Waals surface area (Å²) in [5.74, 6) is -1.57. The molecule has 0 saturated heterocycles. The fourth-order valence-electron chi connectivity index (χ4n) is 4.61. The Morgan fingerprint density at radius 3 is 1.86 bits per heavy atom. The first-order valence-corrected chi connectivity index (χ1v) is 14.4. The maximum absolute atomic E-state index is 14.2. The van der Waals surface area contributed by atoms with Crippen LogP contribution in [0.15, 0.2) is 48.5 Å². The molecule has 2 aromatic carbocycles. The molecule has 0 aliphatic rings. The predicted molar refractivity (Wildman–Crippen MR) is 163 cm³/mol. The van der Waals surface area contributed by atoms with Crippen LogP contribution in [-0.2, 0) is 30.3 Å². The van der Waals surface area contributed by atoms with E-state index < -0.39 is 53.2 Å². The van der Waals surface area contributed by atoms with Gasteiger partial charge in [0.1, 0.15) is 29.3 Å². The van der Waals surface area contributed by atoms with Crippen LogP contribution >= 0.6 is 0 Å². The zero-order chi connectivity index (χ0) is 31.8. The average molecular weight is 582 g/mol. The number of likely N-dealkylation sites (N-methyl/N-ethyl adjacent to an activating group) is 1. The minimum atomic E-state index is -1.08. The summed E-state index contributed by atoms with van der Waals surface area (Å²) in [6.07, 6.45) is -0.530. The van der Waals surface area contributed by atoms with Gasteiger partial charge >= 0.3 is 12.1 Å². The van der Waals surface area contributed by atoms with Crippen LogP contribution in [0.4, 0.5) is 4.79 Å². The van der Waals surface area contributed by atoms with Crippen LogP contribution in [0.25, 0.3) is 0 Å². The molecule has 3 amide bonds. The first-order chi connectivity index (χ1) is 19.4. The third-order valence-corrected chi connectivity index (χ3v) is 6.39. The lowest BCUT2D eigenvalue weighted by atomic mass is 9.93. The van der Waals surface area contributed by atoms with Crippen LogP contribution in [0, 0.1) is 13.8 Å². The number of carbonyl (C=O) groups excluding carboxylic acids is 4. The Kier molecular flexibility index (Phi) is 11.7. The highest BCUT2D eigenvalue weighted by atomic mass is 16.6. The molecule has 0 bridgehead atoms. The fourth-order valence-corrected chi connectivity index (χ4v) is 4.61. The number of alkyl carbamates (subject to hydrolysis) is 1. The Bertz CT molecular complexity index is 1230. The molecule has 3 atom stereocenters. The van der Waals surface area contributed by atoms with Crippen molar-refractivity contribution in [2.75, 3.05) is 6.54 Å². The van der Waals surface area contributed by atoms with Crippen LogP contribution in [0.3, 0.4) is 0 Å². The molecule has 0 heterocycles. The van der Waals surface area contributed by atoms with E-state index in [1.165, 1.54) is 4.90 Å². The van der Waals surface area contributed by atoms with Crippen molar-refractivity contribution in [2.45, 2.75) is 105 Å². The fraction of sp³-hybridized carbons (Fsp3) is 0.515. The number of amides is 3. The topological polar surface area (TPSA) is 114 Å². The van der Waals surface area contributed by atoms with Gasteiger partial charge in [0.15, 0.2) is 0 Å². The SMILES string of the molecule is CCN(C(=O)C(C)NC(=O)OC(C)(C)C)C(C(=O)NC(Cc1ccccc1)C(=O)OC(C)(C)C)c1c(C)cccc1C. The predicted octanol–water partition coefficient (Wildman–Crippen LogP) is 5.18. The zero-order valence-corrected chi connectivity index (χ0v) is 26.7. The molecule has 9 heteroatoms. The summed E-state index contributed by atoms with van der Waals surface area (Å²) >= 11 is 0. The summed E-state index contributed by atoms with van der Waals surface area (Å²) in [5.41, 5.74) is 1.61. The first kappa shape index (κ1) is 34.3. The second-order valence-corrected chi connectivity index (χ2v) is 12.5. The molecule has 42 heavy (non-hydrogen) atoms. The smallest absolute Gasteiger partial charge is 0.408 e. The molecule has 0 aromatic heterocycles. The summed E-state index contributed by atoms with van der Waals surface area (Å²) < 4.78 is 11.0. The number of nitrogens with one attached hydrogen (secondary N) is 2. The molecule has 0 aliphatic heterocycles. The van der Waals surface area contributed by atoms with Crippen LogP contribution < -0.4 is 10.6 Å². The third kappa shape index (κ3) is 10.2. The third-order valence-electron chi connectivity index (χ3n) is 6.39. The van der Waals surface area contributed by atoms with E-state index >= 15 is 0 Å². The largest absolute Gasteiger partial charge is 0.458 e. The first-order valence-electron chi connectivity index (χ1n) is 14.4. The monoisotopic (exact) mass is 581 g/mol. The molecule has 0 saturated carbocycles. The lowest BCUT2D eigenvalue weighted by Crippen LogP contribution is -2.54. The summed E-state index contributed by atoms with van der Waals surface area (Å²) in [7, 11) is 0. The van der Waals surface area contributed by atoms with Crippen molar-refractivity contribution in [3.63, 3.8) is 0 Å². The molecule has 3 unspecified atom stereocenters. The molecule has 0 spiro atoms. The molecular formula is C33H47N3O6. The van der Waals surface area contributed by atoms with Crippen molar-refractivity contribution >= 4 is 23.9 Å². The van der Waals surface area contributed by atoms with Gasteiger partial charge in [-0.3, -0.25) is 9.59 Å². The molecule has 2 rings (SSSR count). The van der Waals surface area contributed by atoms with Crippen LogP contribution in [0.1, 0.15) is 83.7 Å². The van der Waals surface area contributed by atoms with Gasteiger partial charge < -0.3 is 25.0 Å². The molecular weight excluding hydrogens is 534 g/mol. The van der Waals surface area contributed by atoms with E-state index in [-0.39, 0.29) is 13.0 Å². The second-order valence-electron chi connectivity index (χ2n) is 12.5. The lowest BCUT2D eigenvalue weighted by molar-refractivity contribution is -0.159. The maximum Gasteiger partial charge on any atom is 0.408 e. The average Bonchev–Trinajstić information content (AvgIpc) is 2.85. The van der Waals surface area contributed by atoms with E-state index in [0.717, 1.165) is 16.7 Å². The van der Waals surface area contributed by atoms with Crippen LogP contribution in [0.2, 0.25) is 0 Å². The van der Waals surface area contributed by atoms with Gasteiger partial charge in [0, 0.05) is 13.0 Å². The Hall–Kier alpha value is -3.88. The minimum absolute atomic E-state index is 0.167. The van der Waals surface area contributed by atoms with Gasteiger partial charge in [0.25, 0.3) is 0 Å². The Morgan fingerprint density at radius 1 is 0.810 bits per heavy atom. The highest BCUT2D eigenvalue weighted by Crippen LogP contribution is 2.29.